The van der Waals surface area contributed by atoms with Gasteiger partial charge in [0.2, 0.25) is 12.5 Å². The Bertz CT molecular complexity index is 487. The molecule has 0 aliphatic carbocycles. The van der Waals surface area contributed by atoms with Crippen molar-refractivity contribution in [2.75, 3.05) is 20.5 Å². The summed E-state index contributed by atoms with van der Waals surface area (Å²) in [6, 6.07) is 3.84. The molecule has 6 nitrogen and oxygen atoms in total. The number of benzene rings is 1. The predicted molar refractivity (Wildman–Crippen MR) is 59.4 cm³/mol. The van der Waals surface area contributed by atoms with E-state index in [-0.39, 0.29) is 18.9 Å². The summed E-state index contributed by atoms with van der Waals surface area (Å²) in [5.74, 6) is 1.93. The molecule has 6 heteroatoms. The van der Waals surface area contributed by atoms with E-state index in [1.807, 2.05) is 12.1 Å². The highest BCUT2D eigenvalue weighted by Gasteiger charge is 2.25. The lowest BCUT2D eigenvalue weighted by Gasteiger charge is -2.10. The van der Waals surface area contributed by atoms with Gasteiger partial charge in [-0.05, 0) is 17.7 Å². The van der Waals surface area contributed by atoms with Gasteiger partial charge in [0.05, 0.1) is 7.11 Å². The molecule has 2 aliphatic heterocycles. The maximum Gasteiger partial charge on any atom is 0.282 e. The number of rotatable bonds is 2. The van der Waals surface area contributed by atoms with Crippen LogP contribution in [-0.2, 0) is 4.74 Å². The third kappa shape index (κ3) is 1.61. The number of hydrogen-bond donors (Lipinski definition) is 1. The molecule has 0 radical (unpaired) electrons. The van der Waals surface area contributed by atoms with Gasteiger partial charge in [0.25, 0.3) is 6.02 Å². The second kappa shape index (κ2) is 3.73. The van der Waals surface area contributed by atoms with E-state index in [1.54, 1.807) is 7.11 Å². The van der Waals surface area contributed by atoms with E-state index in [0.29, 0.717) is 23.9 Å². The van der Waals surface area contributed by atoms with Crippen LogP contribution >= 0.6 is 0 Å². The molecule has 0 aromatic heterocycles. The van der Waals surface area contributed by atoms with Gasteiger partial charge in [-0.3, -0.25) is 0 Å². The molecule has 1 unspecified atom stereocenters. The molecule has 0 spiro atoms. The number of amidine groups is 1. The normalized spacial score (nSPS) is 21.0. The zero-order chi connectivity index (χ0) is 11.8. The van der Waals surface area contributed by atoms with Crippen molar-refractivity contribution in [1.82, 2.24) is 0 Å². The SMILES string of the molecule is COc1cc(C2COC(N)=N2)cc2c1OCO2. The molecule has 90 valence electrons. The number of nitrogens with two attached hydrogens (primary N) is 1. The Kier molecular flexibility index (Phi) is 2.21. The molecule has 0 fully saturated rings. The Labute approximate surface area is 97.9 Å². The third-order valence-corrected chi connectivity index (χ3v) is 2.74. The fourth-order valence-electron chi connectivity index (χ4n) is 1.91. The number of hydrogen-bond acceptors (Lipinski definition) is 6. The van der Waals surface area contributed by atoms with Gasteiger partial charge in [0.15, 0.2) is 11.5 Å². The van der Waals surface area contributed by atoms with Crippen LogP contribution in [-0.4, -0.2) is 26.5 Å². The number of nitrogens with zero attached hydrogens (tertiary/aromatic N) is 1. The molecule has 2 heterocycles. The Morgan fingerprint density at radius 1 is 1.35 bits per heavy atom. The highest BCUT2D eigenvalue weighted by atomic mass is 16.7. The smallest absolute Gasteiger partial charge is 0.282 e. The minimum atomic E-state index is -0.113. The van der Waals surface area contributed by atoms with Crippen LogP contribution < -0.4 is 19.9 Å². The van der Waals surface area contributed by atoms with E-state index in [2.05, 4.69) is 4.99 Å². The van der Waals surface area contributed by atoms with Gasteiger partial charge in [0.1, 0.15) is 12.6 Å². The van der Waals surface area contributed by atoms with E-state index in [1.165, 1.54) is 0 Å². The average molecular weight is 236 g/mol. The van der Waals surface area contributed by atoms with Crippen LogP contribution in [0.2, 0.25) is 0 Å². The van der Waals surface area contributed by atoms with E-state index in [0.717, 1.165) is 5.56 Å². The fourth-order valence-corrected chi connectivity index (χ4v) is 1.91. The largest absolute Gasteiger partial charge is 0.493 e. The summed E-state index contributed by atoms with van der Waals surface area (Å²) >= 11 is 0. The second-order valence-electron chi connectivity index (χ2n) is 3.75. The van der Waals surface area contributed by atoms with Crippen molar-refractivity contribution in [2.45, 2.75) is 6.04 Å². The van der Waals surface area contributed by atoms with Crippen LogP contribution in [0.3, 0.4) is 0 Å². The molecular weight excluding hydrogens is 224 g/mol. The minimum Gasteiger partial charge on any atom is -0.493 e. The lowest BCUT2D eigenvalue weighted by Crippen LogP contribution is -2.10. The molecule has 1 aromatic rings. The van der Waals surface area contributed by atoms with E-state index in [9.17, 15) is 0 Å². The summed E-state index contributed by atoms with van der Waals surface area (Å²) in [7, 11) is 1.59. The number of fused-ring (bicyclic) bond motifs is 1. The van der Waals surface area contributed by atoms with Crippen LogP contribution in [0, 0.1) is 0 Å². The third-order valence-electron chi connectivity index (χ3n) is 2.74. The zero-order valence-corrected chi connectivity index (χ0v) is 9.30. The van der Waals surface area contributed by atoms with Crippen molar-refractivity contribution in [1.29, 1.82) is 0 Å². The second-order valence-corrected chi connectivity index (χ2v) is 3.75. The van der Waals surface area contributed by atoms with Gasteiger partial charge in [-0.1, -0.05) is 0 Å². The van der Waals surface area contributed by atoms with Gasteiger partial charge in [0, 0.05) is 0 Å². The first-order valence-electron chi connectivity index (χ1n) is 5.21. The molecule has 0 saturated carbocycles. The van der Waals surface area contributed by atoms with Crippen molar-refractivity contribution in [2.24, 2.45) is 10.7 Å². The Balaban J connectivity index is 2.01. The highest BCUT2D eigenvalue weighted by Crippen LogP contribution is 2.43. The monoisotopic (exact) mass is 236 g/mol. The van der Waals surface area contributed by atoms with E-state index < -0.39 is 0 Å². The first-order chi connectivity index (χ1) is 8.28. The molecular formula is C11H12N2O4. The summed E-state index contributed by atoms with van der Waals surface area (Å²) in [5.41, 5.74) is 6.42. The van der Waals surface area contributed by atoms with Crippen molar-refractivity contribution >= 4 is 6.02 Å². The molecule has 1 aromatic carbocycles. The number of aliphatic imine (C=N–C) groups is 1. The van der Waals surface area contributed by atoms with Crippen LogP contribution in [0.15, 0.2) is 17.1 Å². The van der Waals surface area contributed by atoms with Gasteiger partial charge in [-0.2, -0.15) is 0 Å². The number of methoxy groups -OCH3 is 1. The Morgan fingerprint density at radius 2 is 2.24 bits per heavy atom. The highest BCUT2D eigenvalue weighted by molar-refractivity contribution is 5.73. The van der Waals surface area contributed by atoms with Crippen molar-refractivity contribution < 1.29 is 18.9 Å². The quantitative estimate of drug-likeness (QED) is 0.822. The minimum absolute atomic E-state index is 0.113. The molecule has 0 saturated heterocycles. The first-order valence-corrected chi connectivity index (χ1v) is 5.21. The zero-order valence-electron chi connectivity index (χ0n) is 9.30. The van der Waals surface area contributed by atoms with Gasteiger partial charge in [-0.15, -0.1) is 0 Å². The maximum absolute atomic E-state index is 5.49. The van der Waals surface area contributed by atoms with E-state index in [4.69, 9.17) is 24.7 Å². The van der Waals surface area contributed by atoms with Crippen LogP contribution in [0.4, 0.5) is 0 Å². The molecule has 1 atom stereocenters. The molecule has 0 bridgehead atoms. The predicted octanol–water partition coefficient (Wildman–Crippen LogP) is 0.810. The molecule has 3 rings (SSSR count). The summed E-state index contributed by atoms with van der Waals surface area (Å²) in [6.45, 7) is 0.649. The van der Waals surface area contributed by atoms with Crippen LogP contribution in [0.1, 0.15) is 11.6 Å². The lowest BCUT2D eigenvalue weighted by molar-refractivity contribution is 0.171. The van der Waals surface area contributed by atoms with Gasteiger partial charge >= 0.3 is 0 Å². The Hall–Kier alpha value is -2.11. The molecule has 17 heavy (non-hydrogen) atoms. The Morgan fingerprint density at radius 3 is 2.94 bits per heavy atom. The summed E-state index contributed by atoms with van der Waals surface area (Å²) in [4.78, 5) is 4.18. The fraction of sp³-hybridized carbons (Fsp3) is 0.364. The van der Waals surface area contributed by atoms with Crippen LogP contribution in [0.5, 0.6) is 17.2 Å². The summed E-state index contributed by atoms with van der Waals surface area (Å²) in [5, 5.41) is 0. The summed E-state index contributed by atoms with van der Waals surface area (Å²) in [6.07, 6.45) is 0. The van der Waals surface area contributed by atoms with Crippen molar-refractivity contribution in [3.05, 3.63) is 17.7 Å². The van der Waals surface area contributed by atoms with Crippen molar-refractivity contribution in [3.63, 3.8) is 0 Å². The van der Waals surface area contributed by atoms with Crippen molar-refractivity contribution in [3.8, 4) is 17.2 Å². The number of ether oxygens (including phenoxy) is 4. The molecule has 0 amide bonds. The van der Waals surface area contributed by atoms with Gasteiger partial charge < -0.3 is 24.7 Å². The first kappa shape index (κ1) is 10.1. The van der Waals surface area contributed by atoms with Crippen LogP contribution in [0.25, 0.3) is 0 Å². The summed E-state index contributed by atoms with van der Waals surface area (Å²) < 4.78 is 21.1. The topological polar surface area (TPSA) is 75.3 Å². The maximum atomic E-state index is 5.49. The average Bonchev–Trinajstić information content (AvgIpc) is 2.95. The molecule has 2 aliphatic rings. The van der Waals surface area contributed by atoms with Gasteiger partial charge in [-0.25, -0.2) is 4.99 Å². The van der Waals surface area contributed by atoms with E-state index >= 15 is 0 Å². The standard InChI is InChI=1S/C11H12N2O4/c1-14-8-2-6(7-4-15-11(12)13-7)3-9-10(8)17-5-16-9/h2-3,7H,4-5H2,1H3,(H2,12,13). The molecule has 2 N–H and O–H groups in total. The lowest BCUT2D eigenvalue weighted by atomic mass is 10.1.